The first-order valence-corrected chi connectivity index (χ1v) is 5.38. The minimum atomic E-state index is -2.53. The molecule has 1 nitrogen and oxygen atoms in total. The maximum Gasteiger partial charge on any atom is 0.249 e. The molecule has 0 spiro atoms. The SMILES string of the molecule is NCC1(/C=C/c2ccccc2)CC(F)(F)C1. The molecule has 16 heavy (non-hydrogen) atoms. The van der Waals surface area contributed by atoms with E-state index in [4.69, 9.17) is 5.73 Å². The van der Waals surface area contributed by atoms with Crippen molar-refractivity contribution in [3.63, 3.8) is 0 Å². The highest BCUT2D eigenvalue weighted by Gasteiger charge is 2.54. The Bertz CT molecular complexity index is 376. The molecule has 0 radical (unpaired) electrons. The summed E-state index contributed by atoms with van der Waals surface area (Å²) in [5.74, 6) is -2.53. The molecule has 0 heterocycles. The molecule has 1 saturated carbocycles. The monoisotopic (exact) mass is 223 g/mol. The van der Waals surface area contributed by atoms with Gasteiger partial charge in [-0.05, 0) is 5.56 Å². The molecule has 86 valence electrons. The van der Waals surface area contributed by atoms with E-state index in [9.17, 15) is 8.78 Å². The van der Waals surface area contributed by atoms with E-state index in [0.717, 1.165) is 5.56 Å². The number of rotatable bonds is 3. The average Bonchev–Trinajstić information content (AvgIpc) is 2.24. The second-order valence-electron chi connectivity index (χ2n) is 4.52. The normalized spacial score (nSPS) is 21.9. The molecule has 1 aliphatic rings. The van der Waals surface area contributed by atoms with Crippen molar-refractivity contribution in [2.24, 2.45) is 11.1 Å². The summed E-state index contributed by atoms with van der Waals surface area (Å²) in [6.45, 7) is 0.284. The molecular weight excluding hydrogens is 208 g/mol. The first-order chi connectivity index (χ1) is 7.55. The molecule has 2 N–H and O–H groups in total. The van der Waals surface area contributed by atoms with Crippen molar-refractivity contribution in [3.05, 3.63) is 42.0 Å². The lowest BCUT2D eigenvalue weighted by Crippen LogP contribution is -2.49. The van der Waals surface area contributed by atoms with Crippen molar-refractivity contribution in [1.29, 1.82) is 0 Å². The van der Waals surface area contributed by atoms with Gasteiger partial charge in [0.15, 0.2) is 0 Å². The smallest absolute Gasteiger partial charge is 0.249 e. The zero-order chi connectivity index (χ0) is 11.6. The van der Waals surface area contributed by atoms with Crippen molar-refractivity contribution < 1.29 is 8.78 Å². The van der Waals surface area contributed by atoms with Gasteiger partial charge in [-0.25, -0.2) is 8.78 Å². The zero-order valence-electron chi connectivity index (χ0n) is 9.00. The summed E-state index contributed by atoms with van der Waals surface area (Å²) in [5.41, 5.74) is 6.09. The highest BCUT2D eigenvalue weighted by molar-refractivity contribution is 5.50. The fourth-order valence-corrected chi connectivity index (χ4v) is 2.15. The summed E-state index contributed by atoms with van der Waals surface area (Å²) in [6.07, 6.45) is 3.46. The molecule has 1 aliphatic carbocycles. The third-order valence-electron chi connectivity index (χ3n) is 3.06. The molecule has 0 aliphatic heterocycles. The van der Waals surface area contributed by atoms with Gasteiger partial charge < -0.3 is 5.73 Å². The van der Waals surface area contributed by atoms with Crippen LogP contribution in [-0.4, -0.2) is 12.5 Å². The number of hydrogen-bond donors (Lipinski definition) is 1. The molecular formula is C13H15F2N. The van der Waals surface area contributed by atoms with E-state index in [1.54, 1.807) is 0 Å². The van der Waals surface area contributed by atoms with Gasteiger partial charge in [-0.2, -0.15) is 0 Å². The van der Waals surface area contributed by atoms with Crippen LogP contribution in [0.3, 0.4) is 0 Å². The quantitative estimate of drug-likeness (QED) is 0.837. The van der Waals surface area contributed by atoms with Crippen molar-refractivity contribution in [2.75, 3.05) is 6.54 Å². The van der Waals surface area contributed by atoms with Crippen molar-refractivity contribution in [2.45, 2.75) is 18.8 Å². The Hall–Kier alpha value is -1.22. The van der Waals surface area contributed by atoms with Crippen LogP contribution in [0.2, 0.25) is 0 Å². The van der Waals surface area contributed by atoms with E-state index in [2.05, 4.69) is 0 Å². The Morgan fingerprint density at radius 1 is 1.19 bits per heavy atom. The van der Waals surface area contributed by atoms with Gasteiger partial charge >= 0.3 is 0 Å². The summed E-state index contributed by atoms with van der Waals surface area (Å²) in [7, 11) is 0. The third kappa shape index (κ3) is 2.30. The van der Waals surface area contributed by atoms with Crippen LogP contribution in [0.25, 0.3) is 6.08 Å². The molecule has 0 amide bonds. The summed E-state index contributed by atoms with van der Waals surface area (Å²) >= 11 is 0. The molecule has 0 bridgehead atoms. The largest absolute Gasteiger partial charge is 0.330 e. The molecule has 0 unspecified atom stereocenters. The zero-order valence-corrected chi connectivity index (χ0v) is 9.00. The summed E-state index contributed by atoms with van der Waals surface area (Å²) in [4.78, 5) is 0. The van der Waals surface area contributed by atoms with Crippen LogP contribution in [0.4, 0.5) is 8.78 Å². The molecule has 1 aromatic carbocycles. The highest BCUT2D eigenvalue weighted by atomic mass is 19.3. The molecule has 3 heteroatoms. The van der Waals surface area contributed by atoms with Crippen LogP contribution >= 0.6 is 0 Å². The van der Waals surface area contributed by atoms with Crippen LogP contribution in [0.5, 0.6) is 0 Å². The van der Waals surface area contributed by atoms with Crippen LogP contribution < -0.4 is 5.73 Å². The van der Waals surface area contributed by atoms with Crippen LogP contribution in [0.1, 0.15) is 18.4 Å². The van der Waals surface area contributed by atoms with Gasteiger partial charge in [-0.15, -0.1) is 0 Å². The fourth-order valence-electron chi connectivity index (χ4n) is 2.15. The Kier molecular flexibility index (Phi) is 2.80. The van der Waals surface area contributed by atoms with Gasteiger partial charge in [0, 0.05) is 24.8 Å². The Labute approximate surface area is 94.0 Å². The van der Waals surface area contributed by atoms with Gasteiger partial charge in [0.05, 0.1) is 0 Å². The van der Waals surface area contributed by atoms with Gasteiger partial charge in [0.25, 0.3) is 0 Å². The first kappa shape index (κ1) is 11.3. The number of nitrogens with two attached hydrogens (primary N) is 1. The summed E-state index contributed by atoms with van der Waals surface area (Å²) in [6, 6.07) is 9.65. The maximum absolute atomic E-state index is 12.9. The number of halogens is 2. The lowest BCUT2D eigenvalue weighted by molar-refractivity contribution is -0.137. The number of alkyl halides is 2. The summed E-state index contributed by atoms with van der Waals surface area (Å²) < 4.78 is 25.7. The van der Waals surface area contributed by atoms with E-state index in [0.29, 0.717) is 0 Å². The first-order valence-electron chi connectivity index (χ1n) is 5.38. The van der Waals surface area contributed by atoms with Crippen molar-refractivity contribution >= 4 is 6.08 Å². The highest BCUT2D eigenvalue weighted by Crippen LogP contribution is 2.52. The van der Waals surface area contributed by atoms with Gasteiger partial charge in [0.2, 0.25) is 5.92 Å². The van der Waals surface area contributed by atoms with Crippen LogP contribution in [0.15, 0.2) is 36.4 Å². The molecule has 0 atom stereocenters. The number of benzene rings is 1. The third-order valence-corrected chi connectivity index (χ3v) is 3.06. The fraction of sp³-hybridized carbons (Fsp3) is 0.385. The van der Waals surface area contributed by atoms with Crippen LogP contribution in [-0.2, 0) is 0 Å². The predicted octanol–water partition coefficient (Wildman–Crippen LogP) is 3.07. The topological polar surface area (TPSA) is 26.0 Å². The Morgan fingerprint density at radius 3 is 2.31 bits per heavy atom. The van der Waals surface area contributed by atoms with Crippen molar-refractivity contribution in [3.8, 4) is 0 Å². The molecule has 0 saturated heterocycles. The number of hydrogen-bond acceptors (Lipinski definition) is 1. The predicted molar refractivity (Wildman–Crippen MR) is 61.1 cm³/mol. The minimum Gasteiger partial charge on any atom is -0.330 e. The molecule has 1 fully saturated rings. The van der Waals surface area contributed by atoms with Gasteiger partial charge in [0.1, 0.15) is 0 Å². The van der Waals surface area contributed by atoms with Crippen molar-refractivity contribution in [1.82, 2.24) is 0 Å². The lowest BCUT2D eigenvalue weighted by Gasteiger charge is -2.44. The molecule has 0 aromatic heterocycles. The minimum absolute atomic E-state index is 0.125. The Morgan fingerprint density at radius 2 is 1.81 bits per heavy atom. The lowest BCUT2D eigenvalue weighted by atomic mass is 9.66. The van der Waals surface area contributed by atoms with E-state index in [1.165, 1.54) is 0 Å². The Balaban J connectivity index is 2.07. The molecule has 2 rings (SSSR count). The van der Waals surface area contributed by atoms with E-state index in [-0.39, 0.29) is 19.4 Å². The second-order valence-corrected chi connectivity index (χ2v) is 4.52. The van der Waals surface area contributed by atoms with E-state index >= 15 is 0 Å². The van der Waals surface area contributed by atoms with E-state index < -0.39 is 11.3 Å². The van der Waals surface area contributed by atoms with Gasteiger partial charge in [-0.1, -0.05) is 42.5 Å². The van der Waals surface area contributed by atoms with E-state index in [1.807, 2.05) is 42.5 Å². The van der Waals surface area contributed by atoms with Gasteiger partial charge in [-0.3, -0.25) is 0 Å². The van der Waals surface area contributed by atoms with Crippen LogP contribution in [0, 0.1) is 5.41 Å². The maximum atomic E-state index is 12.9. The molecule has 1 aromatic rings. The second kappa shape index (κ2) is 3.98. The standard InChI is InChI=1S/C13H15F2N/c14-13(15)8-12(9-13,10-16)7-6-11-4-2-1-3-5-11/h1-7H,8-10,16H2/b7-6+. The summed E-state index contributed by atoms with van der Waals surface area (Å²) in [5, 5.41) is 0. The average molecular weight is 223 g/mol.